The molecule has 1 aromatic rings. The number of aromatic nitrogens is 1. The lowest BCUT2D eigenvalue weighted by atomic mass is 10.1. The van der Waals surface area contributed by atoms with Gasteiger partial charge in [0, 0.05) is 19.2 Å². The van der Waals surface area contributed by atoms with E-state index in [-0.39, 0.29) is 6.10 Å². The molecule has 0 radical (unpaired) electrons. The SMILES string of the molecule is CC(C)CNCc1nc(OCC2CCCCO2)ccc1Cl. The molecule has 0 spiro atoms. The van der Waals surface area contributed by atoms with Crippen LogP contribution in [0.2, 0.25) is 5.02 Å². The predicted octanol–water partition coefficient (Wildman–Crippen LogP) is 3.43. The van der Waals surface area contributed by atoms with E-state index in [9.17, 15) is 0 Å². The van der Waals surface area contributed by atoms with Crippen LogP contribution in [0.3, 0.4) is 0 Å². The minimum absolute atomic E-state index is 0.193. The third-order valence-corrected chi connectivity index (χ3v) is 3.77. The van der Waals surface area contributed by atoms with Crippen LogP contribution < -0.4 is 10.1 Å². The predicted molar refractivity (Wildman–Crippen MR) is 84.9 cm³/mol. The highest BCUT2D eigenvalue weighted by molar-refractivity contribution is 6.31. The van der Waals surface area contributed by atoms with E-state index in [4.69, 9.17) is 21.1 Å². The van der Waals surface area contributed by atoms with E-state index >= 15 is 0 Å². The van der Waals surface area contributed by atoms with Gasteiger partial charge in [-0.2, -0.15) is 0 Å². The number of ether oxygens (including phenoxy) is 2. The van der Waals surface area contributed by atoms with Gasteiger partial charge in [-0.05, 0) is 37.8 Å². The molecule has 1 unspecified atom stereocenters. The summed E-state index contributed by atoms with van der Waals surface area (Å²) in [4.78, 5) is 4.48. The molecule has 118 valence electrons. The summed E-state index contributed by atoms with van der Waals surface area (Å²) < 4.78 is 11.4. The maximum absolute atomic E-state index is 6.18. The van der Waals surface area contributed by atoms with Crippen LogP contribution in [0.4, 0.5) is 0 Å². The molecule has 1 aliphatic rings. The minimum atomic E-state index is 0.193. The summed E-state index contributed by atoms with van der Waals surface area (Å²) in [5, 5.41) is 4.02. The van der Waals surface area contributed by atoms with Gasteiger partial charge >= 0.3 is 0 Å². The van der Waals surface area contributed by atoms with Crippen LogP contribution in [0, 0.1) is 5.92 Å². The Bertz CT molecular complexity index is 434. The molecule has 0 aromatic carbocycles. The summed E-state index contributed by atoms with van der Waals surface area (Å²) in [6.07, 6.45) is 3.63. The van der Waals surface area contributed by atoms with Crippen LogP contribution in [0.15, 0.2) is 12.1 Å². The van der Waals surface area contributed by atoms with E-state index < -0.39 is 0 Å². The van der Waals surface area contributed by atoms with Crippen molar-refractivity contribution in [2.45, 2.75) is 45.8 Å². The van der Waals surface area contributed by atoms with Crippen LogP contribution in [0.25, 0.3) is 0 Å². The lowest BCUT2D eigenvalue weighted by molar-refractivity contribution is -0.0119. The van der Waals surface area contributed by atoms with E-state index in [1.54, 1.807) is 0 Å². The Labute approximate surface area is 132 Å². The van der Waals surface area contributed by atoms with Crippen molar-refractivity contribution in [2.24, 2.45) is 5.92 Å². The standard InChI is InChI=1S/C16H25ClN2O2/c1-12(2)9-18-10-15-14(17)6-7-16(19-15)21-11-13-5-3-4-8-20-13/h6-7,12-13,18H,3-5,8-11H2,1-2H3. The summed E-state index contributed by atoms with van der Waals surface area (Å²) in [6.45, 7) is 7.35. The van der Waals surface area contributed by atoms with Gasteiger partial charge in [0.05, 0.1) is 16.8 Å². The Balaban J connectivity index is 1.84. The van der Waals surface area contributed by atoms with Crippen molar-refractivity contribution in [1.82, 2.24) is 10.3 Å². The van der Waals surface area contributed by atoms with Gasteiger partial charge in [0.25, 0.3) is 0 Å². The van der Waals surface area contributed by atoms with Gasteiger partial charge in [0.15, 0.2) is 0 Å². The van der Waals surface area contributed by atoms with E-state index in [1.807, 2.05) is 12.1 Å². The molecule has 0 aliphatic carbocycles. The third kappa shape index (κ3) is 5.81. The van der Waals surface area contributed by atoms with Gasteiger partial charge < -0.3 is 14.8 Å². The van der Waals surface area contributed by atoms with Crippen LogP contribution in [-0.2, 0) is 11.3 Å². The minimum Gasteiger partial charge on any atom is -0.475 e. The maximum Gasteiger partial charge on any atom is 0.213 e. The zero-order valence-corrected chi connectivity index (χ0v) is 13.7. The summed E-state index contributed by atoms with van der Waals surface area (Å²) in [7, 11) is 0. The van der Waals surface area contributed by atoms with Crippen LogP contribution in [0.1, 0.15) is 38.8 Å². The first-order valence-corrected chi connectivity index (χ1v) is 8.13. The zero-order valence-electron chi connectivity index (χ0n) is 12.9. The fourth-order valence-electron chi connectivity index (χ4n) is 2.27. The molecule has 1 aromatic heterocycles. The molecule has 2 rings (SSSR count). The van der Waals surface area contributed by atoms with Gasteiger partial charge in [-0.1, -0.05) is 25.4 Å². The maximum atomic E-state index is 6.18. The summed E-state index contributed by atoms with van der Waals surface area (Å²) in [5.41, 5.74) is 0.833. The zero-order chi connectivity index (χ0) is 15.1. The van der Waals surface area contributed by atoms with Gasteiger partial charge in [0.2, 0.25) is 5.88 Å². The fraction of sp³-hybridized carbons (Fsp3) is 0.688. The molecule has 1 aliphatic heterocycles. The molecule has 1 fully saturated rings. The molecular weight excluding hydrogens is 288 g/mol. The van der Waals surface area contributed by atoms with Crippen LogP contribution in [-0.4, -0.2) is 30.8 Å². The lowest BCUT2D eigenvalue weighted by Gasteiger charge is -2.22. The Morgan fingerprint density at radius 1 is 1.43 bits per heavy atom. The highest BCUT2D eigenvalue weighted by Gasteiger charge is 2.15. The van der Waals surface area contributed by atoms with Gasteiger partial charge in [-0.25, -0.2) is 4.98 Å². The van der Waals surface area contributed by atoms with E-state index in [0.717, 1.165) is 31.7 Å². The second kappa shape index (κ2) is 8.57. The lowest BCUT2D eigenvalue weighted by Crippen LogP contribution is -2.26. The Morgan fingerprint density at radius 3 is 3.00 bits per heavy atom. The van der Waals surface area contributed by atoms with Crippen molar-refractivity contribution in [3.8, 4) is 5.88 Å². The van der Waals surface area contributed by atoms with Crippen molar-refractivity contribution in [3.63, 3.8) is 0 Å². The van der Waals surface area contributed by atoms with Crippen molar-refractivity contribution in [2.75, 3.05) is 19.8 Å². The second-order valence-electron chi connectivity index (χ2n) is 5.90. The van der Waals surface area contributed by atoms with Gasteiger partial charge in [-0.15, -0.1) is 0 Å². The Kier molecular flexibility index (Phi) is 6.74. The van der Waals surface area contributed by atoms with E-state index in [0.29, 0.717) is 30.0 Å². The molecule has 0 saturated carbocycles. The highest BCUT2D eigenvalue weighted by Crippen LogP contribution is 2.19. The Morgan fingerprint density at radius 2 is 2.29 bits per heavy atom. The van der Waals surface area contributed by atoms with Crippen molar-refractivity contribution < 1.29 is 9.47 Å². The van der Waals surface area contributed by atoms with Crippen molar-refractivity contribution >= 4 is 11.6 Å². The van der Waals surface area contributed by atoms with Crippen LogP contribution >= 0.6 is 11.6 Å². The molecule has 21 heavy (non-hydrogen) atoms. The summed E-state index contributed by atoms with van der Waals surface area (Å²) in [5.74, 6) is 1.22. The quantitative estimate of drug-likeness (QED) is 0.837. The first-order valence-electron chi connectivity index (χ1n) is 7.75. The summed E-state index contributed by atoms with van der Waals surface area (Å²) >= 11 is 6.18. The highest BCUT2D eigenvalue weighted by atomic mass is 35.5. The average Bonchev–Trinajstić information content (AvgIpc) is 2.48. The molecular formula is C16H25ClN2O2. The first-order chi connectivity index (χ1) is 10.1. The van der Waals surface area contributed by atoms with Crippen molar-refractivity contribution in [1.29, 1.82) is 0 Å². The van der Waals surface area contributed by atoms with E-state index in [2.05, 4.69) is 24.1 Å². The van der Waals surface area contributed by atoms with Crippen molar-refractivity contribution in [3.05, 3.63) is 22.8 Å². The molecule has 5 heteroatoms. The fourth-order valence-corrected chi connectivity index (χ4v) is 2.44. The molecule has 1 saturated heterocycles. The monoisotopic (exact) mass is 312 g/mol. The topological polar surface area (TPSA) is 43.4 Å². The molecule has 2 heterocycles. The molecule has 1 atom stereocenters. The molecule has 4 nitrogen and oxygen atoms in total. The van der Waals surface area contributed by atoms with Crippen LogP contribution in [0.5, 0.6) is 5.88 Å². The third-order valence-electron chi connectivity index (χ3n) is 3.43. The number of halogens is 1. The molecule has 0 amide bonds. The van der Waals surface area contributed by atoms with E-state index in [1.165, 1.54) is 6.42 Å². The number of pyridine rings is 1. The van der Waals surface area contributed by atoms with Gasteiger partial charge in [0.1, 0.15) is 6.61 Å². The largest absolute Gasteiger partial charge is 0.475 e. The number of nitrogens with zero attached hydrogens (tertiary/aromatic N) is 1. The molecule has 1 N–H and O–H groups in total. The smallest absolute Gasteiger partial charge is 0.213 e. The molecule has 0 bridgehead atoms. The number of nitrogens with one attached hydrogen (secondary N) is 1. The normalized spacial score (nSPS) is 19.0. The van der Waals surface area contributed by atoms with Gasteiger partial charge in [-0.3, -0.25) is 0 Å². The number of rotatable bonds is 7. The number of hydrogen-bond donors (Lipinski definition) is 1. The Hall–Kier alpha value is -0.840. The summed E-state index contributed by atoms with van der Waals surface area (Å²) in [6, 6.07) is 3.66. The average molecular weight is 313 g/mol. The first kappa shape index (κ1) is 16.5. The number of hydrogen-bond acceptors (Lipinski definition) is 4. The second-order valence-corrected chi connectivity index (χ2v) is 6.31.